The summed E-state index contributed by atoms with van der Waals surface area (Å²) >= 11 is 0. The van der Waals surface area contributed by atoms with Crippen molar-refractivity contribution in [2.24, 2.45) is 5.73 Å². The number of halogens is 2. The molecule has 0 saturated heterocycles. The first kappa shape index (κ1) is 8.56. The zero-order valence-electron chi connectivity index (χ0n) is 5.96. The molecule has 12 heavy (non-hydrogen) atoms. The van der Waals surface area contributed by atoms with E-state index in [1.54, 1.807) is 6.07 Å². The minimum absolute atomic E-state index is 0.237. The van der Waals surface area contributed by atoms with Crippen molar-refractivity contribution in [1.82, 2.24) is 4.98 Å². The van der Waals surface area contributed by atoms with Gasteiger partial charge in [0.05, 0.1) is 12.3 Å². The Balaban J connectivity index is 3.11. The molecule has 0 aliphatic rings. The standard InChI is InChI=1S/C7H5F2N3/c8-4-1-5(9)7(12-3-4)6(11)2-10/h1,3,6H,11H2/t6-/m0/s1. The van der Waals surface area contributed by atoms with Crippen LogP contribution in [0.15, 0.2) is 12.3 Å². The van der Waals surface area contributed by atoms with E-state index in [-0.39, 0.29) is 5.69 Å². The number of aromatic nitrogens is 1. The van der Waals surface area contributed by atoms with Crippen LogP contribution < -0.4 is 5.73 Å². The Morgan fingerprint density at radius 3 is 2.75 bits per heavy atom. The van der Waals surface area contributed by atoms with Crippen LogP contribution in [0.1, 0.15) is 11.7 Å². The quantitative estimate of drug-likeness (QED) is 0.678. The number of nitrogens with zero attached hydrogens (tertiary/aromatic N) is 2. The molecule has 62 valence electrons. The Kier molecular flexibility index (Phi) is 2.31. The van der Waals surface area contributed by atoms with Crippen LogP contribution in [0, 0.1) is 23.0 Å². The molecule has 1 rings (SSSR count). The van der Waals surface area contributed by atoms with E-state index in [0.717, 1.165) is 6.20 Å². The van der Waals surface area contributed by atoms with Crippen LogP contribution in [0.4, 0.5) is 8.78 Å². The fourth-order valence-corrected chi connectivity index (χ4v) is 0.715. The number of nitriles is 1. The van der Waals surface area contributed by atoms with Gasteiger partial charge in [-0.3, -0.25) is 4.98 Å². The first-order chi connectivity index (χ1) is 5.65. The maximum atomic E-state index is 12.8. The van der Waals surface area contributed by atoms with Crippen molar-refractivity contribution in [3.63, 3.8) is 0 Å². The largest absolute Gasteiger partial charge is 0.311 e. The van der Waals surface area contributed by atoms with Crippen molar-refractivity contribution < 1.29 is 8.78 Å². The molecule has 0 spiro atoms. The third-order valence-corrected chi connectivity index (χ3v) is 1.27. The molecule has 0 radical (unpaired) electrons. The first-order valence-corrected chi connectivity index (χ1v) is 3.11. The predicted octanol–water partition coefficient (Wildman–Crippen LogP) is 0.883. The number of nitrogens with two attached hydrogens (primary N) is 1. The Morgan fingerprint density at radius 2 is 2.25 bits per heavy atom. The molecule has 3 nitrogen and oxygen atoms in total. The molecular formula is C7H5F2N3. The summed E-state index contributed by atoms with van der Waals surface area (Å²) in [6.45, 7) is 0. The van der Waals surface area contributed by atoms with E-state index in [0.29, 0.717) is 6.07 Å². The van der Waals surface area contributed by atoms with E-state index >= 15 is 0 Å². The summed E-state index contributed by atoms with van der Waals surface area (Å²) in [6, 6.07) is 1.09. The van der Waals surface area contributed by atoms with Crippen LogP contribution in [0.25, 0.3) is 0 Å². The molecule has 1 aromatic heterocycles. The summed E-state index contributed by atoms with van der Waals surface area (Å²) in [5, 5.41) is 8.31. The third kappa shape index (κ3) is 1.54. The SMILES string of the molecule is N#C[C@H](N)c1ncc(F)cc1F. The van der Waals surface area contributed by atoms with Gasteiger partial charge in [0, 0.05) is 6.07 Å². The van der Waals surface area contributed by atoms with Crippen molar-refractivity contribution in [2.75, 3.05) is 0 Å². The van der Waals surface area contributed by atoms with Crippen molar-refractivity contribution in [3.8, 4) is 6.07 Å². The lowest BCUT2D eigenvalue weighted by atomic mass is 10.2. The number of hydrogen-bond donors (Lipinski definition) is 1. The van der Waals surface area contributed by atoms with Crippen LogP contribution >= 0.6 is 0 Å². The molecule has 1 aromatic rings. The van der Waals surface area contributed by atoms with Gasteiger partial charge in [-0.25, -0.2) is 8.78 Å². The molecule has 0 unspecified atom stereocenters. The van der Waals surface area contributed by atoms with Gasteiger partial charge in [0.2, 0.25) is 0 Å². The number of rotatable bonds is 1. The van der Waals surface area contributed by atoms with Gasteiger partial charge < -0.3 is 5.73 Å². The second kappa shape index (κ2) is 3.24. The molecule has 0 aromatic carbocycles. The topological polar surface area (TPSA) is 62.7 Å². The smallest absolute Gasteiger partial charge is 0.150 e. The van der Waals surface area contributed by atoms with Crippen molar-refractivity contribution in [3.05, 3.63) is 29.6 Å². The Labute approximate surface area is 67.4 Å². The lowest BCUT2D eigenvalue weighted by Crippen LogP contribution is -2.11. The summed E-state index contributed by atoms with van der Waals surface area (Å²) in [5.74, 6) is -1.69. The molecule has 1 atom stereocenters. The van der Waals surface area contributed by atoms with Gasteiger partial charge in [-0.15, -0.1) is 0 Å². The van der Waals surface area contributed by atoms with Gasteiger partial charge in [0.25, 0.3) is 0 Å². The van der Waals surface area contributed by atoms with Crippen LogP contribution in [-0.2, 0) is 0 Å². The maximum absolute atomic E-state index is 12.8. The van der Waals surface area contributed by atoms with E-state index in [1.807, 2.05) is 0 Å². The van der Waals surface area contributed by atoms with Gasteiger partial charge >= 0.3 is 0 Å². The molecule has 0 aliphatic heterocycles. The average Bonchev–Trinajstić information content (AvgIpc) is 2.03. The predicted molar refractivity (Wildman–Crippen MR) is 36.7 cm³/mol. The summed E-state index contributed by atoms with van der Waals surface area (Å²) in [7, 11) is 0. The zero-order chi connectivity index (χ0) is 9.14. The average molecular weight is 169 g/mol. The van der Waals surface area contributed by atoms with Gasteiger partial charge in [-0.05, 0) is 0 Å². The fraction of sp³-hybridized carbons (Fsp3) is 0.143. The highest BCUT2D eigenvalue weighted by atomic mass is 19.1. The maximum Gasteiger partial charge on any atom is 0.150 e. The Hall–Kier alpha value is -1.54. The van der Waals surface area contributed by atoms with Gasteiger partial charge in [-0.1, -0.05) is 0 Å². The second-order valence-electron chi connectivity index (χ2n) is 2.13. The molecule has 0 amide bonds. The van der Waals surface area contributed by atoms with E-state index < -0.39 is 17.7 Å². The third-order valence-electron chi connectivity index (χ3n) is 1.27. The van der Waals surface area contributed by atoms with Crippen molar-refractivity contribution in [2.45, 2.75) is 6.04 Å². The zero-order valence-corrected chi connectivity index (χ0v) is 5.96. The van der Waals surface area contributed by atoms with E-state index in [4.69, 9.17) is 11.0 Å². The molecule has 2 N–H and O–H groups in total. The highest BCUT2D eigenvalue weighted by Crippen LogP contribution is 2.11. The summed E-state index contributed by atoms with van der Waals surface area (Å²) in [5.41, 5.74) is 4.92. The second-order valence-corrected chi connectivity index (χ2v) is 2.13. The van der Waals surface area contributed by atoms with Crippen LogP contribution in [-0.4, -0.2) is 4.98 Å². The lowest BCUT2D eigenvalue weighted by Gasteiger charge is -2.01. The van der Waals surface area contributed by atoms with Crippen molar-refractivity contribution >= 4 is 0 Å². The molecule has 5 heteroatoms. The van der Waals surface area contributed by atoms with Crippen LogP contribution in [0.2, 0.25) is 0 Å². The van der Waals surface area contributed by atoms with Gasteiger partial charge in [-0.2, -0.15) is 5.26 Å². The fourth-order valence-electron chi connectivity index (χ4n) is 0.715. The number of hydrogen-bond acceptors (Lipinski definition) is 3. The molecular weight excluding hydrogens is 164 g/mol. The summed E-state index contributed by atoms with van der Waals surface area (Å²) in [6.07, 6.45) is 0.815. The summed E-state index contributed by atoms with van der Waals surface area (Å²) < 4.78 is 25.0. The minimum Gasteiger partial charge on any atom is -0.311 e. The van der Waals surface area contributed by atoms with E-state index in [1.165, 1.54) is 0 Å². The van der Waals surface area contributed by atoms with Crippen LogP contribution in [0.3, 0.4) is 0 Å². The Bertz CT molecular complexity index is 332. The monoisotopic (exact) mass is 169 g/mol. The van der Waals surface area contributed by atoms with Crippen molar-refractivity contribution in [1.29, 1.82) is 5.26 Å². The lowest BCUT2D eigenvalue weighted by molar-refractivity contribution is 0.553. The first-order valence-electron chi connectivity index (χ1n) is 3.11. The molecule has 1 heterocycles. The van der Waals surface area contributed by atoms with E-state index in [2.05, 4.69) is 4.98 Å². The summed E-state index contributed by atoms with van der Waals surface area (Å²) in [4.78, 5) is 3.35. The van der Waals surface area contributed by atoms with E-state index in [9.17, 15) is 8.78 Å². The Morgan fingerprint density at radius 1 is 1.58 bits per heavy atom. The van der Waals surface area contributed by atoms with Gasteiger partial charge in [0.15, 0.2) is 0 Å². The minimum atomic E-state index is -1.15. The van der Waals surface area contributed by atoms with Crippen LogP contribution in [0.5, 0.6) is 0 Å². The highest BCUT2D eigenvalue weighted by molar-refractivity contribution is 5.17. The molecule has 0 fully saturated rings. The van der Waals surface area contributed by atoms with Gasteiger partial charge in [0.1, 0.15) is 23.4 Å². The molecule has 0 bridgehead atoms. The number of pyridine rings is 1. The molecule has 0 aliphatic carbocycles. The normalized spacial score (nSPS) is 12.2. The highest BCUT2D eigenvalue weighted by Gasteiger charge is 2.12. The molecule has 0 saturated carbocycles.